The smallest absolute Gasteiger partial charge is 0.105 e. The molecule has 2 atom stereocenters. The Hall–Kier alpha value is -0.850. The van der Waals surface area contributed by atoms with Crippen molar-refractivity contribution in [3.8, 4) is 6.07 Å². The van der Waals surface area contributed by atoms with Crippen LogP contribution in [0.5, 0.6) is 0 Å². The third kappa shape index (κ3) is 2.14. The van der Waals surface area contributed by atoms with Gasteiger partial charge in [-0.25, -0.2) is 0 Å². The maximum atomic E-state index is 10.6. The van der Waals surface area contributed by atoms with Gasteiger partial charge in [0.1, 0.15) is 5.60 Å². The predicted molar refractivity (Wildman–Crippen MR) is 67.7 cm³/mol. The molecule has 1 rings (SSSR count). The van der Waals surface area contributed by atoms with Gasteiger partial charge < -0.3 is 5.11 Å². The van der Waals surface area contributed by atoms with Crippen molar-refractivity contribution < 1.29 is 5.11 Å². The summed E-state index contributed by atoms with van der Waals surface area (Å²) in [6.45, 7) is 5.40. The van der Waals surface area contributed by atoms with Crippen molar-refractivity contribution in [2.75, 3.05) is 0 Å². The highest BCUT2D eigenvalue weighted by Gasteiger charge is 2.43. The van der Waals surface area contributed by atoms with Crippen molar-refractivity contribution in [3.63, 3.8) is 0 Å². The fourth-order valence-electron chi connectivity index (χ4n) is 1.63. The average molecular weight is 282 g/mol. The van der Waals surface area contributed by atoms with Gasteiger partial charge in [0, 0.05) is 4.47 Å². The van der Waals surface area contributed by atoms with Gasteiger partial charge in [-0.05, 0) is 38.0 Å². The molecular weight excluding hydrogens is 266 g/mol. The molecule has 0 amide bonds. The van der Waals surface area contributed by atoms with Crippen LogP contribution in [0.1, 0.15) is 32.8 Å². The summed E-state index contributed by atoms with van der Waals surface area (Å²) in [5, 5.41) is 19.8. The van der Waals surface area contributed by atoms with Gasteiger partial charge in [-0.2, -0.15) is 5.26 Å². The fraction of sp³-hybridized carbons (Fsp3) is 0.462. The van der Waals surface area contributed by atoms with Gasteiger partial charge in [-0.1, -0.05) is 35.0 Å². The third-order valence-electron chi connectivity index (χ3n) is 3.43. The van der Waals surface area contributed by atoms with E-state index in [1.807, 2.05) is 31.2 Å². The number of rotatable bonds is 3. The number of halogens is 1. The van der Waals surface area contributed by atoms with Crippen LogP contribution in [0.4, 0.5) is 0 Å². The Morgan fingerprint density at radius 3 is 2.19 bits per heavy atom. The molecule has 3 heteroatoms. The number of hydrogen-bond acceptors (Lipinski definition) is 2. The molecule has 86 valence electrons. The van der Waals surface area contributed by atoms with Crippen molar-refractivity contribution in [2.24, 2.45) is 5.41 Å². The molecule has 0 aliphatic heterocycles. The topological polar surface area (TPSA) is 44.0 Å². The highest BCUT2D eigenvalue weighted by Crippen LogP contribution is 2.41. The lowest BCUT2D eigenvalue weighted by molar-refractivity contribution is -0.0379. The van der Waals surface area contributed by atoms with Crippen molar-refractivity contribution in [3.05, 3.63) is 34.3 Å². The van der Waals surface area contributed by atoms with Gasteiger partial charge in [0.15, 0.2) is 0 Å². The number of nitrogens with zero attached hydrogens (tertiary/aromatic N) is 1. The summed E-state index contributed by atoms with van der Waals surface area (Å²) >= 11 is 3.35. The minimum absolute atomic E-state index is 0.604. The van der Waals surface area contributed by atoms with E-state index in [2.05, 4.69) is 22.0 Å². The van der Waals surface area contributed by atoms with Crippen LogP contribution < -0.4 is 0 Å². The summed E-state index contributed by atoms with van der Waals surface area (Å²) in [4.78, 5) is 0. The summed E-state index contributed by atoms with van der Waals surface area (Å²) in [7, 11) is 0. The normalized spacial score (nSPS) is 18.2. The van der Waals surface area contributed by atoms with Crippen LogP contribution in [-0.2, 0) is 5.60 Å². The van der Waals surface area contributed by atoms with E-state index in [0.717, 1.165) is 10.0 Å². The molecule has 0 saturated heterocycles. The Morgan fingerprint density at radius 1 is 1.31 bits per heavy atom. The van der Waals surface area contributed by atoms with Gasteiger partial charge in [0.2, 0.25) is 0 Å². The minimum atomic E-state index is -1.14. The monoisotopic (exact) mass is 281 g/mol. The molecule has 2 unspecified atom stereocenters. The standard InChI is InChI=1S/C13H16BrNO/c1-4-12(2,9-15)13(3,16)10-5-7-11(14)8-6-10/h5-8,16H,4H2,1-3H3. The average Bonchev–Trinajstić information content (AvgIpc) is 2.28. The van der Waals surface area contributed by atoms with E-state index in [1.165, 1.54) is 0 Å². The molecule has 0 saturated carbocycles. The van der Waals surface area contributed by atoms with Crippen LogP contribution in [0.25, 0.3) is 0 Å². The molecule has 2 nitrogen and oxygen atoms in total. The van der Waals surface area contributed by atoms with E-state index in [0.29, 0.717) is 6.42 Å². The molecular formula is C13H16BrNO. The highest BCUT2D eigenvalue weighted by atomic mass is 79.9. The molecule has 0 aliphatic carbocycles. The molecule has 0 aromatic heterocycles. The quantitative estimate of drug-likeness (QED) is 0.920. The molecule has 16 heavy (non-hydrogen) atoms. The van der Waals surface area contributed by atoms with E-state index >= 15 is 0 Å². The van der Waals surface area contributed by atoms with E-state index < -0.39 is 11.0 Å². The summed E-state index contributed by atoms with van der Waals surface area (Å²) in [5.41, 5.74) is -1.15. The first-order chi connectivity index (χ1) is 7.37. The predicted octanol–water partition coefficient (Wildman–Crippen LogP) is 3.60. The van der Waals surface area contributed by atoms with Crippen LogP contribution in [-0.4, -0.2) is 5.11 Å². The third-order valence-corrected chi connectivity index (χ3v) is 3.96. The Labute approximate surface area is 105 Å². The second-order valence-electron chi connectivity index (χ2n) is 4.38. The molecule has 0 aliphatic rings. The van der Waals surface area contributed by atoms with Gasteiger partial charge in [0.25, 0.3) is 0 Å². The van der Waals surface area contributed by atoms with Crippen LogP contribution in [0.2, 0.25) is 0 Å². The van der Waals surface area contributed by atoms with Crippen LogP contribution >= 0.6 is 15.9 Å². The highest BCUT2D eigenvalue weighted by molar-refractivity contribution is 9.10. The fourth-order valence-corrected chi connectivity index (χ4v) is 1.89. The molecule has 0 heterocycles. The Balaban J connectivity index is 3.21. The summed E-state index contributed by atoms with van der Waals surface area (Å²) < 4.78 is 0.960. The van der Waals surface area contributed by atoms with Crippen molar-refractivity contribution >= 4 is 15.9 Å². The zero-order valence-electron chi connectivity index (χ0n) is 9.79. The minimum Gasteiger partial charge on any atom is -0.384 e. The first-order valence-corrected chi connectivity index (χ1v) is 6.06. The van der Waals surface area contributed by atoms with Gasteiger partial charge in [0.05, 0.1) is 11.5 Å². The largest absolute Gasteiger partial charge is 0.384 e. The van der Waals surface area contributed by atoms with E-state index in [9.17, 15) is 10.4 Å². The summed E-state index contributed by atoms with van der Waals surface area (Å²) in [6, 6.07) is 9.65. The lowest BCUT2D eigenvalue weighted by Gasteiger charge is -2.37. The molecule has 0 fully saturated rings. The Morgan fingerprint density at radius 2 is 1.81 bits per heavy atom. The van der Waals surface area contributed by atoms with Crippen LogP contribution in [0.15, 0.2) is 28.7 Å². The number of benzene rings is 1. The zero-order chi connectivity index (χ0) is 12.4. The van der Waals surface area contributed by atoms with Crippen LogP contribution in [0, 0.1) is 16.7 Å². The lowest BCUT2D eigenvalue weighted by atomic mass is 9.70. The van der Waals surface area contributed by atoms with Gasteiger partial charge in [-0.3, -0.25) is 0 Å². The molecule has 0 radical (unpaired) electrons. The number of aliphatic hydroxyl groups is 1. The van der Waals surface area contributed by atoms with Gasteiger partial charge in [-0.15, -0.1) is 0 Å². The molecule has 1 aromatic carbocycles. The summed E-state index contributed by atoms with van der Waals surface area (Å²) in [5.74, 6) is 0. The van der Waals surface area contributed by atoms with E-state index in [-0.39, 0.29) is 0 Å². The first-order valence-electron chi connectivity index (χ1n) is 5.27. The van der Waals surface area contributed by atoms with Gasteiger partial charge >= 0.3 is 0 Å². The molecule has 0 bridgehead atoms. The lowest BCUT2D eigenvalue weighted by Crippen LogP contribution is -2.40. The second-order valence-corrected chi connectivity index (χ2v) is 5.29. The van der Waals surface area contributed by atoms with Crippen LogP contribution in [0.3, 0.4) is 0 Å². The maximum Gasteiger partial charge on any atom is 0.105 e. The van der Waals surface area contributed by atoms with Crippen molar-refractivity contribution in [1.82, 2.24) is 0 Å². The first kappa shape index (κ1) is 13.2. The second kappa shape index (κ2) is 4.57. The van der Waals surface area contributed by atoms with Crippen molar-refractivity contribution in [1.29, 1.82) is 5.26 Å². The zero-order valence-corrected chi connectivity index (χ0v) is 11.4. The Kier molecular flexibility index (Phi) is 3.77. The molecule has 1 N–H and O–H groups in total. The summed E-state index contributed by atoms with van der Waals surface area (Å²) in [6.07, 6.45) is 0.604. The molecule has 0 spiro atoms. The Bertz CT molecular complexity index is 405. The van der Waals surface area contributed by atoms with Crippen molar-refractivity contribution in [2.45, 2.75) is 32.8 Å². The number of nitriles is 1. The maximum absolute atomic E-state index is 10.6. The SMILES string of the molecule is CCC(C)(C#N)C(C)(O)c1ccc(Br)cc1. The van der Waals surface area contributed by atoms with E-state index in [4.69, 9.17) is 0 Å². The molecule has 1 aromatic rings. The number of hydrogen-bond donors (Lipinski definition) is 1. The van der Waals surface area contributed by atoms with E-state index in [1.54, 1.807) is 13.8 Å².